The van der Waals surface area contributed by atoms with E-state index in [0.29, 0.717) is 24.6 Å². The summed E-state index contributed by atoms with van der Waals surface area (Å²) in [6.45, 7) is 3.69. The Bertz CT molecular complexity index is 856. The van der Waals surface area contributed by atoms with E-state index in [-0.39, 0.29) is 11.8 Å². The molecule has 28 heavy (non-hydrogen) atoms. The fraction of sp³-hybridized carbons (Fsp3) is 0.500. The van der Waals surface area contributed by atoms with Gasteiger partial charge in [0.1, 0.15) is 17.6 Å². The highest BCUT2D eigenvalue weighted by Crippen LogP contribution is 2.29. The quantitative estimate of drug-likeness (QED) is 0.856. The van der Waals surface area contributed by atoms with E-state index in [0.717, 1.165) is 44.5 Å². The Balaban J connectivity index is 1.44. The third kappa shape index (κ3) is 3.96. The molecule has 0 bridgehead atoms. The number of carbonyl (C=O) groups is 2. The molecule has 1 aromatic carbocycles. The van der Waals surface area contributed by atoms with E-state index in [2.05, 4.69) is 51.4 Å². The van der Waals surface area contributed by atoms with E-state index < -0.39 is 6.04 Å². The molecule has 0 saturated carbocycles. The van der Waals surface area contributed by atoms with Crippen LogP contribution in [0.4, 0.5) is 0 Å². The van der Waals surface area contributed by atoms with Gasteiger partial charge in [-0.15, -0.1) is 0 Å². The lowest BCUT2D eigenvalue weighted by Gasteiger charge is -2.24. The largest absolute Gasteiger partial charge is 0.354 e. The highest BCUT2D eigenvalue weighted by molar-refractivity contribution is 5.96. The number of rotatable bonds is 4. The zero-order valence-corrected chi connectivity index (χ0v) is 16.4. The summed E-state index contributed by atoms with van der Waals surface area (Å²) >= 11 is 0. The van der Waals surface area contributed by atoms with E-state index >= 15 is 0 Å². The van der Waals surface area contributed by atoms with Gasteiger partial charge in [-0.25, -0.2) is 4.98 Å². The third-order valence-corrected chi connectivity index (χ3v) is 5.93. The van der Waals surface area contributed by atoms with Crippen molar-refractivity contribution in [3.63, 3.8) is 0 Å². The van der Waals surface area contributed by atoms with Crippen molar-refractivity contribution in [3.8, 4) is 0 Å². The number of aryl methyl sites for hydroxylation is 2. The van der Waals surface area contributed by atoms with Crippen LogP contribution in [-0.4, -0.2) is 34.0 Å². The summed E-state index contributed by atoms with van der Waals surface area (Å²) in [6.07, 6.45) is 7.35. The maximum Gasteiger partial charge on any atom is 0.272 e. The topological polar surface area (TPSA) is 76.0 Å². The van der Waals surface area contributed by atoms with Gasteiger partial charge in [0.2, 0.25) is 5.91 Å². The summed E-state index contributed by atoms with van der Waals surface area (Å²) in [4.78, 5) is 29.3. The second-order valence-corrected chi connectivity index (χ2v) is 7.84. The number of amides is 2. The Kier molecular flexibility index (Phi) is 5.46. The fourth-order valence-corrected chi connectivity index (χ4v) is 4.16. The van der Waals surface area contributed by atoms with Gasteiger partial charge in [0, 0.05) is 31.6 Å². The number of benzene rings is 1. The number of carbonyl (C=O) groups excluding carboxylic acids is 2. The van der Waals surface area contributed by atoms with Crippen LogP contribution in [0.15, 0.2) is 30.5 Å². The number of hydrogen-bond donors (Lipinski definition) is 2. The summed E-state index contributed by atoms with van der Waals surface area (Å²) < 4.78 is 2.10. The molecular weight excluding hydrogens is 352 g/mol. The number of hydrogen-bond acceptors (Lipinski definition) is 3. The summed E-state index contributed by atoms with van der Waals surface area (Å²) in [5, 5.41) is 5.72. The molecule has 6 heteroatoms. The zero-order chi connectivity index (χ0) is 19.5. The van der Waals surface area contributed by atoms with Crippen molar-refractivity contribution in [2.24, 2.45) is 0 Å². The first-order valence-electron chi connectivity index (χ1n) is 10.4. The first kappa shape index (κ1) is 18.7. The standard InChI is InChI=1S/C22H28N4O2/c1-2-15-6-8-16(9-7-15)17-10-11-20-24-19(14-26(20)13-17)22(28)25-18-5-3-4-12-23-21(18)27/h6-9,14,17-18H,2-5,10-13H2,1H3,(H,23,27)(H,25,28). The Hall–Kier alpha value is -2.63. The molecule has 148 valence electrons. The summed E-state index contributed by atoms with van der Waals surface area (Å²) in [6, 6.07) is 8.40. The van der Waals surface area contributed by atoms with Crippen LogP contribution in [0.3, 0.4) is 0 Å². The van der Waals surface area contributed by atoms with E-state index in [4.69, 9.17) is 0 Å². The predicted octanol–water partition coefficient (Wildman–Crippen LogP) is 2.57. The van der Waals surface area contributed by atoms with Crippen molar-refractivity contribution < 1.29 is 9.59 Å². The Morgan fingerprint density at radius 3 is 2.86 bits per heavy atom. The normalized spacial score (nSPS) is 22.1. The lowest BCUT2D eigenvalue weighted by molar-refractivity contribution is -0.122. The monoisotopic (exact) mass is 380 g/mol. The molecule has 2 aromatic rings. The molecule has 0 radical (unpaired) electrons. The van der Waals surface area contributed by atoms with Crippen LogP contribution in [0.2, 0.25) is 0 Å². The number of fused-ring (bicyclic) bond motifs is 1. The minimum atomic E-state index is -0.460. The average Bonchev–Trinajstić information content (AvgIpc) is 3.05. The fourth-order valence-electron chi connectivity index (χ4n) is 4.16. The van der Waals surface area contributed by atoms with Crippen LogP contribution in [0.5, 0.6) is 0 Å². The second-order valence-electron chi connectivity index (χ2n) is 7.84. The van der Waals surface area contributed by atoms with Crippen LogP contribution in [0, 0.1) is 0 Å². The highest BCUT2D eigenvalue weighted by Gasteiger charge is 2.26. The number of imidazole rings is 1. The maximum absolute atomic E-state index is 12.6. The smallest absolute Gasteiger partial charge is 0.272 e. The van der Waals surface area contributed by atoms with Gasteiger partial charge in [0.05, 0.1) is 0 Å². The van der Waals surface area contributed by atoms with E-state index in [9.17, 15) is 9.59 Å². The molecule has 3 heterocycles. The first-order chi connectivity index (χ1) is 13.6. The summed E-state index contributed by atoms with van der Waals surface area (Å²) in [7, 11) is 0. The number of nitrogens with zero attached hydrogens (tertiary/aromatic N) is 2. The minimum Gasteiger partial charge on any atom is -0.354 e. The Morgan fingerprint density at radius 1 is 1.25 bits per heavy atom. The number of aromatic nitrogens is 2. The van der Waals surface area contributed by atoms with Gasteiger partial charge in [-0.05, 0) is 43.2 Å². The van der Waals surface area contributed by atoms with Crippen molar-refractivity contribution in [3.05, 3.63) is 53.1 Å². The van der Waals surface area contributed by atoms with Crippen LogP contribution in [0.1, 0.15) is 66.0 Å². The Labute approximate surface area is 165 Å². The third-order valence-electron chi connectivity index (χ3n) is 5.93. The number of nitrogens with one attached hydrogen (secondary N) is 2. The molecule has 0 aliphatic carbocycles. The van der Waals surface area contributed by atoms with E-state index in [1.807, 2.05) is 6.20 Å². The van der Waals surface area contributed by atoms with Crippen LogP contribution >= 0.6 is 0 Å². The molecular formula is C22H28N4O2. The minimum absolute atomic E-state index is 0.0922. The maximum atomic E-state index is 12.6. The van der Waals surface area contributed by atoms with Gasteiger partial charge in [-0.2, -0.15) is 0 Å². The molecule has 6 nitrogen and oxygen atoms in total. The predicted molar refractivity (Wildman–Crippen MR) is 107 cm³/mol. The van der Waals surface area contributed by atoms with Crippen molar-refractivity contribution in [1.82, 2.24) is 20.2 Å². The van der Waals surface area contributed by atoms with Crippen molar-refractivity contribution in [2.75, 3.05) is 6.54 Å². The van der Waals surface area contributed by atoms with Crippen molar-refractivity contribution in [2.45, 2.75) is 64.0 Å². The molecule has 2 unspecified atom stereocenters. The second kappa shape index (κ2) is 8.17. The average molecular weight is 380 g/mol. The van der Waals surface area contributed by atoms with Crippen molar-refractivity contribution in [1.29, 1.82) is 0 Å². The van der Waals surface area contributed by atoms with Gasteiger partial charge in [0.25, 0.3) is 5.91 Å². The van der Waals surface area contributed by atoms with E-state index in [1.165, 1.54) is 11.1 Å². The molecule has 1 fully saturated rings. The van der Waals surface area contributed by atoms with Gasteiger partial charge in [0.15, 0.2) is 0 Å². The molecule has 4 rings (SSSR count). The van der Waals surface area contributed by atoms with Crippen LogP contribution < -0.4 is 10.6 Å². The SMILES string of the molecule is CCc1ccc(C2CCc3nc(C(=O)NC4CCCCNC4=O)cn3C2)cc1. The molecule has 2 aliphatic rings. The zero-order valence-electron chi connectivity index (χ0n) is 16.4. The summed E-state index contributed by atoms with van der Waals surface area (Å²) in [5.41, 5.74) is 3.11. The van der Waals surface area contributed by atoms with E-state index in [1.54, 1.807) is 0 Å². The van der Waals surface area contributed by atoms with Gasteiger partial charge in [-0.3, -0.25) is 9.59 Å². The molecule has 0 spiro atoms. The molecule has 2 amide bonds. The lowest BCUT2D eigenvalue weighted by Crippen LogP contribution is -2.45. The molecule has 1 aromatic heterocycles. The highest BCUT2D eigenvalue weighted by atomic mass is 16.2. The molecule has 2 atom stereocenters. The molecule has 2 aliphatic heterocycles. The van der Waals surface area contributed by atoms with Gasteiger partial charge < -0.3 is 15.2 Å². The van der Waals surface area contributed by atoms with Gasteiger partial charge >= 0.3 is 0 Å². The first-order valence-corrected chi connectivity index (χ1v) is 10.4. The van der Waals surface area contributed by atoms with Crippen molar-refractivity contribution >= 4 is 11.8 Å². The lowest BCUT2D eigenvalue weighted by atomic mass is 9.91. The molecule has 1 saturated heterocycles. The van der Waals surface area contributed by atoms with Gasteiger partial charge in [-0.1, -0.05) is 31.2 Å². The summed E-state index contributed by atoms with van der Waals surface area (Å²) in [5.74, 6) is 1.05. The van der Waals surface area contributed by atoms with Crippen LogP contribution in [0.25, 0.3) is 0 Å². The van der Waals surface area contributed by atoms with Crippen LogP contribution in [-0.2, 0) is 24.2 Å². The Morgan fingerprint density at radius 2 is 2.07 bits per heavy atom. The molecule has 2 N–H and O–H groups in total.